The normalized spacial score (nSPS) is 11.5. The van der Waals surface area contributed by atoms with Crippen LogP contribution in [0, 0.1) is 6.92 Å². The van der Waals surface area contributed by atoms with E-state index in [0.29, 0.717) is 18.7 Å². The summed E-state index contributed by atoms with van der Waals surface area (Å²) in [4.78, 5) is 15.4. The number of carboxylic acid groups (broad SMARTS) is 1. The standard InChI is InChI=1S/C17H21NO3S/c1-11-15(16(19)20)22-14(18-11)9-10-21-13-8-6-5-7-12(13)17(2,3)4/h5-8H,9-10H2,1-4H3,(H,19,20)/p-1. The molecule has 118 valence electrons. The summed E-state index contributed by atoms with van der Waals surface area (Å²) in [5.41, 5.74) is 1.67. The van der Waals surface area contributed by atoms with Crippen molar-refractivity contribution in [2.45, 2.75) is 39.5 Å². The molecule has 2 rings (SSSR count). The molecule has 0 amide bonds. The van der Waals surface area contributed by atoms with Crippen molar-refractivity contribution in [1.29, 1.82) is 0 Å². The molecule has 1 aromatic carbocycles. The molecule has 0 spiro atoms. The Kier molecular flexibility index (Phi) is 4.86. The Morgan fingerprint density at radius 3 is 2.59 bits per heavy atom. The van der Waals surface area contributed by atoms with Gasteiger partial charge in [0.2, 0.25) is 0 Å². The van der Waals surface area contributed by atoms with Crippen molar-refractivity contribution >= 4 is 17.3 Å². The van der Waals surface area contributed by atoms with Crippen molar-refractivity contribution < 1.29 is 14.6 Å². The van der Waals surface area contributed by atoms with Gasteiger partial charge in [-0.1, -0.05) is 39.0 Å². The minimum atomic E-state index is -1.17. The average molecular weight is 318 g/mol. The highest BCUT2D eigenvalue weighted by atomic mass is 32.1. The number of nitrogens with zero attached hydrogens (tertiary/aromatic N) is 1. The molecule has 0 aliphatic heterocycles. The first-order valence-corrected chi connectivity index (χ1v) is 8.00. The predicted octanol–water partition coefficient (Wildman–Crippen LogP) is 2.73. The van der Waals surface area contributed by atoms with E-state index in [1.165, 1.54) is 0 Å². The summed E-state index contributed by atoms with van der Waals surface area (Å²) in [7, 11) is 0. The van der Waals surface area contributed by atoms with Gasteiger partial charge in [-0.3, -0.25) is 0 Å². The molecular weight excluding hydrogens is 298 g/mol. The zero-order valence-corrected chi connectivity index (χ0v) is 14.1. The molecule has 5 heteroatoms. The number of aryl methyl sites for hydroxylation is 1. The van der Waals surface area contributed by atoms with Crippen LogP contribution in [0.3, 0.4) is 0 Å². The monoisotopic (exact) mass is 318 g/mol. The first-order valence-electron chi connectivity index (χ1n) is 7.19. The lowest BCUT2D eigenvalue weighted by molar-refractivity contribution is -0.254. The predicted molar refractivity (Wildman–Crippen MR) is 85.5 cm³/mol. The van der Waals surface area contributed by atoms with Gasteiger partial charge < -0.3 is 14.6 Å². The van der Waals surface area contributed by atoms with Gasteiger partial charge in [-0.15, -0.1) is 11.3 Å². The van der Waals surface area contributed by atoms with Crippen molar-refractivity contribution in [3.05, 3.63) is 45.4 Å². The first-order chi connectivity index (χ1) is 10.3. The lowest BCUT2D eigenvalue weighted by Gasteiger charge is -2.22. The summed E-state index contributed by atoms with van der Waals surface area (Å²) in [6.07, 6.45) is 0.581. The fraction of sp³-hybridized carbons (Fsp3) is 0.412. The molecule has 0 saturated carbocycles. The summed E-state index contributed by atoms with van der Waals surface area (Å²) < 4.78 is 5.88. The quantitative estimate of drug-likeness (QED) is 0.850. The summed E-state index contributed by atoms with van der Waals surface area (Å²) in [5.74, 6) is -0.302. The largest absolute Gasteiger partial charge is 0.544 e. The number of carboxylic acids is 1. The van der Waals surface area contributed by atoms with Crippen LogP contribution >= 0.6 is 11.3 Å². The van der Waals surface area contributed by atoms with Gasteiger partial charge in [0.25, 0.3) is 0 Å². The summed E-state index contributed by atoms with van der Waals surface area (Å²) in [6, 6.07) is 7.98. The highest BCUT2D eigenvalue weighted by molar-refractivity contribution is 7.13. The van der Waals surface area contributed by atoms with E-state index < -0.39 is 5.97 Å². The van der Waals surface area contributed by atoms with Gasteiger partial charge in [0.05, 0.1) is 28.2 Å². The van der Waals surface area contributed by atoms with Crippen LogP contribution in [-0.2, 0) is 11.8 Å². The molecule has 0 N–H and O–H groups in total. The molecule has 0 atom stereocenters. The van der Waals surface area contributed by atoms with Crippen molar-refractivity contribution in [3.8, 4) is 5.75 Å². The average Bonchev–Trinajstić information content (AvgIpc) is 2.79. The van der Waals surface area contributed by atoms with E-state index in [2.05, 4.69) is 31.8 Å². The van der Waals surface area contributed by atoms with Crippen molar-refractivity contribution in [1.82, 2.24) is 4.98 Å². The zero-order valence-electron chi connectivity index (χ0n) is 13.3. The number of benzene rings is 1. The van der Waals surface area contributed by atoms with E-state index >= 15 is 0 Å². The molecule has 0 aliphatic rings. The Morgan fingerprint density at radius 2 is 2.00 bits per heavy atom. The second kappa shape index (κ2) is 6.48. The fourth-order valence-corrected chi connectivity index (χ4v) is 3.09. The van der Waals surface area contributed by atoms with E-state index in [1.54, 1.807) is 6.92 Å². The third kappa shape index (κ3) is 3.85. The van der Waals surface area contributed by atoms with Gasteiger partial charge in [-0.05, 0) is 24.0 Å². The molecule has 2 aromatic rings. The van der Waals surface area contributed by atoms with Gasteiger partial charge in [-0.2, -0.15) is 0 Å². The van der Waals surface area contributed by atoms with Gasteiger partial charge >= 0.3 is 0 Å². The number of carbonyl (C=O) groups excluding carboxylic acids is 1. The first kappa shape index (κ1) is 16.5. The van der Waals surface area contributed by atoms with Crippen LogP contribution in [-0.4, -0.2) is 17.6 Å². The Hall–Kier alpha value is -1.88. The van der Waals surface area contributed by atoms with E-state index in [1.807, 2.05) is 18.2 Å². The molecule has 0 radical (unpaired) electrons. The summed E-state index contributed by atoms with van der Waals surface area (Å²) in [5, 5.41) is 11.7. The second-order valence-corrected chi connectivity index (χ2v) is 7.24. The maximum Gasteiger partial charge on any atom is 0.123 e. The van der Waals surface area contributed by atoms with Crippen LogP contribution < -0.4 is 9.84 Å². The van der Waals surface area contributed by atoms with Crippen LogP contribution in [0.25, 0.3) is 0 Å². The topological polar surface area (TPSA) is 62.2 Å². The number of para-hydroxylation sites is 1. The molecule has 0 aliphatic carbocycles. The SMILES string of the molecule is Cc1nc(CCOc2ccccc2C(C)(C)C)sc1C(=O)[O-]. The number of aromatic carboxylic acids is 1. The van der Waals surface area contributed by atoms with E-state index in [-0.39, 0.29) is 10.3 Å². The lowest BCUT2D eigenvalue weighted by atomic mass is 9.86. The van der Waals surface area contributed by atoms with Crippen molar-refractivity contribution in [2.75, 3.05) is 6.61 Å². The van der Waals surface area contributed by atoms with Gasteiger partial charge in [0, 0.05) is 6.42 Å². The molecule has 4 nitrogen and oxygen atoms in total. The Balaban J connectivity index is 2.03. The van der Waals surface area contributed by atoms with Crippen LogP contribution in [0.2, 0.25) is 0 Å². The van der Waals surface area contributed by atoms with E-state index in [9.17, 15) is 9.90 Å². The third-order valence-corrected chi connectivity index (χ3v) is 4.49. The van der Waals surface area contributed by atoms with Crippen LogP contribution in [0.15, 0.2) is 24.3 Å². The molecule has 1 heterocycles. The summed E-state index contributed by atoms with van der Waals surface area (Å²) >= 11 is 1.16. The molecule has 1 aromatic heterocycles. The molecule has 0 fully saturated rings. The maximum atomic E-state index is 10.9. The number of carbonyl (C=O) groups is 1. The Bertz CT molecular complexity index is 671. The van der Waals surface area contributed by atoms with Crippen LogP contribution in [0.1, 0.15) is 46.7 Å². The minimum absolute atomic E-state index is 0.0104. The molecule has 0 saturated heterocycles. The third-order valence-electron chi connectivity index (χ3n) is 3.29. The maximum absolute atomic E-state index is 10.9. The Labute approximate surface area is 134 Å². The Morgan fingerprint density at radius 1 is 1.32 bits per heavy atom. The van der Waals surface area contributed by atoms with Gasteiger partial charge in [0.1, 0.15) is 5.75 Å². The van der Waals surface area contributed by atoms with Gasteiger partial charge in [0.15, 0.2) is 0 Å². The number of hydrogen-bond acceptors (Lipinski definition) is 5. The van der Waals surface area contributed by atoms with E-state index in [0.717, 1.165) is 27.7 Å². The smallest absolute Gasteiger partial charge is 0.123 e. The lowest BCUT2D eigenvalue weighted by Crippen LogP contribution is -2.21. The fourth-order valence-electron chi connectivity index (χ4n) is 2.21. The number of rotatable bonds is 5. The molecule has 0 unspecified atom stereocenters. The van der Waals surface area contributed by atoms with Gasteiger partial charge in [-0.25, -0.2) is 4.98 Å². The van der Waals surface area contributed by atoms with Crippen LogP contribution in [0.5, 0.6) is 5.75 Å². The zero-order chi connectivity index (χ0) is 16.3. The summed E-state index contributed by atoms with van der Waals surface area (Å²) in [6.45, 7) is 8.58. The van der Waals surface area contributed by atoms with Crippen molar-refractivity contribution in [2.24, 2.45) is 0 Å². The highest BCUT2D eigenvalue weighted by Gasteiger charge is 2.18. The number of aromatic nitrogens is 1. The number of hydrogen-bond donors (Lipinski definition) is 0. The number of thiazole rings is 1. The van der Waals surface area contributed by atoms with E-state index in [4.69, 9.17) is 4.74 Å². The molecule has 22 heavy (non-hydrogen) atoms. The second-order valence-electron chi connectivity index (χ2n) is 6.15. The molecular formula is C17H20NO3S-. The molecule has 0 bridgehead atoms. The number of ether oxygens (including phenoxy) is 1. The van der Waals surface area contributed by atoms with Crippen molar-refractivity contribution in [3.63, 3.8) is 0 Å². The van der Waals surface area contributed by atoms with Crippen LogP contribution in [0.4, 0.5) is 0 Å². The minimum Gasteiger partial charge on any atom is -0.544 e. The highest BCUT2D eigenvalue weighted by Crippen LogP contribution is 2.31.